The Balaban J connectivity index is 1.84. The molecule has 0 saturated carbocycles. The minimum Gasteiger partial charge on any atom is -0.486 e. The fraction of sp³-hybridized carbons (Fsp3) is 0.429. The van der Waals surface area contributed by atoms with Gasteiger partial charge in [-0.2, -0.15) is 0 Å². The molecule has 0 aliphatic heterocycles. The summed E-state index contributed by atoms with van der Waals surface area (Å²) in [6.45, 7) is 2.75. The fourth-order valence-electron chi connectivity index (χ4n) is 1.74. The van der Waals surface area contributed by atoms with Crippen LogP contribution in [0, 0.1) is 0 Å². The zero-order valence-electron chi connectivity index (χ0n) is 11.9. The molecule has 2 rings (SSSR count). The maximum atomic E-state index is 5.72. The van der Waals surface area contributed by atoms with Gasteiger partial charge in [0.05, 0.1) is 6.61 Å². The molecule has 1 aromatic carbocycles. The van der Waals surface area contributed by atoms with Gasteiger partial charge in [0.1, 0.15) is 18.7 Å². The average Bonchev–Trinajstić information content (AvgIpc) is 2.87. The van der Waals surface area contributed by atoms with Gasteiger partial charge in [0.15, 0.2) is 5.82 Å². The molecule has 0 unspecified atom stereocenters. The molecule has 0 radical (unpaired) electrons. The van der Waals surface area contributed by atoms with Crippen LogP contribution in [-0.2, 0) is 24.9 Å². The molecule has 6 nitrogen and oxygen atoms in total. The first-order valence-electron chi connectivity index (χ1n) is 6.54. The van der Waals surface area contributed by atoms with Gasteiger partial charge in [0.2, 0.25) is 0 Å². The van der Waals surface area contributed by atoms with Crippen LogP contribution < -0.4 is 10.1 Å². The smallest absolute Gasteiger partial charge is 0.170 e. The van der Waals surface area contributed by atoms with Crippen molar-refractivity contribution in [2.24, 2.45) is 7.05 Å². The summed E-state index contributed by atoms with van der Waals surface area (Å²) >= 11 is 0. The van der Waals surface area contributed by atoms with Gasteiger partial charge >= 0.3 is 0 Å². The van der Waals surface area contributed by atoms with E-state index in [1.165, 1.54) is 5.56 Å². The minimum atomic E-state index is 0.414. The quantitative estimate of drug-likeness (QED) is 0.732. The number of benzene rings is 1. The maximum absolute atomic E-state index is 5.72. The molecule has 108 valence electrons. The zero-order valence-corrected chi connectivity index (χ0v) is 11.9. The first-order valence-corrected chi connectivity index (χ1v) is 6.54. The summed E-state index contributed by atoms with van der Waals surface area (Å²) in [5.74, 6) is 1.63. The highest BCUT2D eigenvalue weighted by molar-refractivity contribution is 5.28. The molecule has 1 aromatic heterocycles. The lowest BCUT2D eigenvalue weighted by atomic mass is 10.2. The van der Waals surface area contributed by atoms with Crippen LogP contribution in [0.25, 0.3) is 0 Å². The summed E-state index contributed by atoms with van der Waals surface area (Å²) in [6, 6.07) is 8.01. The van der Waals surface area contributed by atoms with Crippen molar-refractivity contribution in [3.8, 4) is 5.75 Å². The summed E-state index contributed by atoms with van der Waals surface area (Å²) in [7, 11) is 3.59. The van der Waals surface area contributed by atoms with Crippen LogP contribution >= 0.6 is 0 Å². The molecule has 2 aromatic rings. The van der Waals surface area contributed by atoms with E-state index in [-0.39, 0.29) is 0 Å². The summed E-state index contributed by atoms with van der Waals surface area (Å²) in [6.07, 6.45) is 1.66. The maximum Gasteiger partial charge on any atom is 0.170 e. The Bertz CT molecular complexity index is 527. The second kappa shape index (κ2) is 7.62. The van der Waals surface area contributed by atoms with Crippen molar-refractivity contribution in [3.63, 3.8) is 0 Å². The topological polar surface area (TPSA) is 61.2 Å². The van der Waals surface area contributed by atoms with Gasteiger partial charge in [-0.05, 0) is 17.7 Å². The van der Waals surface area contributed by atoms with E-state index in [1.807, 2.05) is 29.8 Å². The predicted octanol–water partition coefficient (Wildman–Crippen LogP) is 1.13. The van der Waals surface area contributed by atoms with Gasteiger partial charge in [0.25, 0.3) is 0 Å². The summed E-state index contributed by atoms with van der Waals surface area (Å²) in [5, 5.41) is 11.1. The molecule has 0 bridgehead atoms. The standard InChI is InChI=1S/C14H20N4O2/c1-18-11-16-17-14(18)10-20-13-5-3-4-12(8-13)9-15-6-7-19-2/h3-5,8,11,15H,6-7,9-10H2,1-2H3. The lowest BCUT2D eigenvalue weighted by Crippen LogP contribution is -2.18. The number of nitrogens with one attached hydrogen (secondary N) is 1. The number of hydrogen-bond acceptors (Lipinski definition) is 5. The number of nitrogens with zero attached hydrogens (tertiary/aromatic N) is 3. The monoisotopic (exact) mass is 276 g/mol. The molecule has 1 heterocycles. The number of rotatable bonds is 8. The molecular formula is C14H20N4O2. The first-order chi connectivity index (χ1) is 9.79. The Labute approximate surface area is 118 Å². The van der Waals surface area contributed by atoms with Gasteiger partial charge in [-0.1, -0.05) is 12.1 Å². The van der Waals surface area contributed by atoms with Crippen LogP contribution in [-0.4, -0.2) is 35.0 Å². The Morgan fingerprint density at radius 1 is 1.35 bits per heavy atom. The van der Waals surface area contributed by atoms with E-state index in [1.54, 1.807) is 13.4 Å². The normalized spacial score (nSPS) is 10.7. The largest absolute Gasteiger partial charge is 0.486 e. The van der Waals surface area contributed by atoms with Gasteiger partial charge in [-0.15, -0.1) is 10.2 Å². The molecule has 0 aliphatic rings. The van der Waals surface area contributed by atoms with Crippen molar-refractivity contribution in [2.45, 2.75) is 13.2 Å². The Kier molecular flexibility index (Phi) is 5.52. The van der Waals surface area contributed by atoms with E-state index < -0.39 is 0 Å². The molecule has 0 fully saturated rings. The summed E-state index contributed by atoms with van der Waals surface area (Å²) in [4.78, 5) is 0. The molecule has 6 heteroatoms. The van der Waals surface area contributed by atoms with Crippen LogP contribution in [0.1, 0.15) is 11.4 Å². The highest BCUT2D eigenvalue weighted by Gasteiger charge is 2.02. The second-order valence-electron chi connectivity index (χ2n) is 4.46. The van der Waals surface area contributed by atoms with E-state index >= 15 is 0 Å². The van der Waals surface area contributed by atoms with E-state index in [0.717, 1.165) is 24.7 Å². The van der Waals surface area contributed by atoms with Crippen molar-refractivity contribution in [3.05, 3.63) is 42.0 Å². The second-order valence-corrected chi connectivity index (χ2v) is 4.46. The number of aryl methyl sites for hydroxylation is 1. The Morgan fingerprint density at radius 2 is 2.25 bits per heavy atom. The highest BCUT2D eigenvalue weighted by atomic mass is 16.5. The summed E-state index contributed by atoms with van der Waals surface area (Å²) in [5.41, 5.74) is 1.18. The fourth-order valence-corrected chi connectivity index (χ4v) is 1.74. The van der Waals surface area contributed by atoms with Gasteiger partial charge in [-0.3, -0.25) is 0 Å². The van der Waals surface area contributed by atoms with Crippen molar-refractivity contribution in [2.75, 3.05) is 20.3 Å². The SMILES string of the molecule is COCCNCc1cccc(OCc2nncn2C)c1. The van der Waals surface area contributed by atoms with Crippen molar-refractivity contribution < 1.29 is 9.47 Å². The minimum absolute atomic E-state index is 0.414. The average molecular weight is 276 g/mol. The molecule has 0 saturated heterocycles. The Morgan fingerprint density at radius 3 is 3.00 bits per heavy atom. The molecule has 0 atom stereocenters. The van der Waals surface area contributed by atoms with Crippen LogP contribution in [0.3, 0.4) is 0 Å². The van der Waals surface area contributed by atoms with Crippen LogP contribution in [0.2, 0.25) is 0 Å². The van der Waals surface area contributed by atoms with Crippen molar-refractivity contribution in [1.82, 2.24) is 20.1 Å². The third-order valence-corrected chi connectivity index (χ3v) is 2.88. The number of aromatic nitrogens is 3. The van der Waals surface area contributed by atoms with Gasteiger partial charge in [0, 0.05) is 27.2 Å². The van der Waals surface area contributed by atoms with E-state index in [9.17, 15) is 0 Å². The first kappa shape index (κ1) is 14.5. The van der Waals surface area contributed by atoms with E-state index in [2.05, 4.69) is 21.6 Å². The molecule has 1 N–H and O–H groups in total. The van der Waals surface area contributed by atoms with E-state index in [4.69, 9.17) is 9.47 Å². The van der Waals surface area contributed by atoms with Crippen molar-refractivity contribution in [1.29, 1.82) is 0 Å². The van der Waals surface area contributed by atoms with Gasteiger partial charge in [-0.25, -0.2) is 0 Å². The zero-order chi connectivity index (χ0) is 14.2. The molecular weight excluding hydrogens is 256 g/mol. The van der Waals surface area contributed by atoms with Crippen molar-refractivity contribution >= 4 is 0 Å². The van der Waals surface area contributed by atoms with Crippen LogP contribution in [0.5, 0.6) is 5.75 Å². The molecule has 20 heavy (non-hydrogen) atoms. The Hall–Kier alpha value is -1.92. The molecule has 0 amide bonds. The summed E-state index contributed by atoms with van der Waals surface area (Å²) < 4.78 is 12.6. The number of methoxy groups -OCH3 is 1. The van der Waals surface area contributed by atoms with Crippen LogP contribution in [0.4, 0.5) is 0 Å². The highest BCUT2D eigenvalue weighted by Crippen LogP contribution is 2.14. The third-order valence-electron chi connectivity index (χ3n) is 2.88. The third kappa shape index (κ3) is 4.32. The van der Waals surface area contributed by atoms with Crippen LogP contribution in [0.15, 0.2) is 30.6 Å². The molecule has 0 aliphatic carbocycles. The van der Waals surface area contributed by atoms with Gasteiger partial charge < -0.3 is 19.4 Å². The lowest BCUT2D eigenvalue weighted by molar-refractivity contribution is 0.199. The molecule has 0 spiro atoms. The predicted molar refractivity (Wildman–Crippen MR) is 75.4 cm³/mol. The number of ether oxygens (including phenoxy) is 2. The lowest BCUT2D eigenvalue weighted by Gasteiger charge is -2.08. The van der Waals surface area contributed by atoms with E-state index in [0.29, 0.717) is 13.2 Å². The number of hydrogen-bond donors (Lipinski definition) is 1.